The summed E-state index contributed by atoms with van der Waals surface area (Å²) >= 11 is 0. The van der Waals surface area contributed by atoms with E-state index >= 15 is 0 Å². The first-order valence-electron chi connectivity index (χ1n) is 8.66. The fraction of sp³-hybridized carbons (Fsp3) is 0.350. The number of carboxylic acids is 1. The lowest BCUT2D eigenvalue weighted by Crippen LogP contribution is -2.47. The standard InChI is InChI=1S/C20H24N2O5/c1-13(20(25)26)22(10-9-21-14(2)23)19(24)11-16-6-4-5-15-7-8-17(27-3)12-18(15)16/h4-8,12-13H,9-11H2,1-3H3,(H,21,23)(H,25,26). The first-order chi connectivity index (χ1) is 12.8. The Morgan fingerprint density at radius 2 is 1.96 bits per heavy atom. The molecule has 2 aromatic rings. The van der Waals surface area contributed by atoms with Gasteiger partial charge in [-0.1, -0.05) is 24.3 Å². The minimum absolute atomic E-state index is 0.0577. The topological polar surface area (TPSA) is 95.9 Å². The Labute approximate surface area is 157 Å². The summed E-state index contributed by atoms with van der Waals surface area (Å²) in [6.07, 6.45) is 0.0577. The highest BCUT2D eigenvalue weighted by Crippen LogP contribution is 2.25. The Morgan fingerprint density at radius 1 is 1.22 bits per heavy atom. The van der Waals surface area contributed by atoms with E-state index < -0.39 is 12.0 Å². The van der Waals surface area contributed by atoms with Gasteiger partial charge in [-0.15, -0.1) is 0 Å². The molecule has 7 nitrogen and oxygen atoms in total. The third kappa shape index (κ3) is 5.20. The van der Waals surface area contributed by atoms with Crippen molar-refractivity contribution in [2.24, 2.45) is 0 Å². The number of carbonyl (C=O) groups excluding carboxylic acids is 2. The average molecular weight is 372 g/mol. The molecule has 0 aromatic heterocycles. The first-order valence-corrected chi connectivity index (χ1v) is 8.66. The molecule has 0 aliphatic rings. The van der Waals surface area contributed by atoms with Crippen molar-refractivity contribution >= 4 is 28.6 Å². The number of amides is 2. The lowest BCUT2D eigenvalue weighted by molar-refractivity contribution is -0.149. The van der Waals surface area contributed by atoms with Crippen LogP contribution in [-0.2, 0) is 20.8 Å². The summed E-state index contributed by atoms with van der Waals surface area (Å²) in [4.78, 5) is 36.6. The van der Waals surface area contributed by atoms with Crippen molar-refractivity contribution in [2.45, 2.75) is 26.3 Å². The first kappa shape index (κ1) is 20.2. The maximum absolute atomic E-state index is 12.9. The van der Waals surface area contributed by atoms with Crippen molar-refractivity contribution in [2.75, 3.05) is 20.2 Å². The molecule has 1 unspecified atom stereocenters. The predicted octanol–water partition coefficient (Wildman–Crippen LogP) is 1.83. The molecule has 1 atom stereocenters. The number of carbonyl (C=O) groups is 3. The normalized spacial score (nSPS) is 11.7. The third-order valence-electron chi connectivity index (χ3n) is 4.39. The van der Waals surface area contributed by atoms with Gasteiger partial charge in [0.2, 0.25) is 11.8 Å². The highest BCUT2D eigenvalue weighted by Gasteiger charge is 2.25. The molecule has 0 fully saturated rings. The monoisotopic (exact) mass is 372 g/mol. The van der Waals surface area contributed by atoms with Crippen LogP contribution in [0.2, 0.25) is 0 Å². The molecular formula is C20H24N2O5. The van der Waals surface area contributed by atoms with Gasteiger partial charge in [-0.2, -0.15) is 0 Å². The molecule has 2 aromatic carbocycles. The fourth-order valence-electron chi connectivity index (χ4n) is 2.88. The summed E-state index contributed by atoms with van der Waals surface area (Å²) in [5.74, 6) is -0.952. The van der Waals surface area contributed by atoms with Gasteiger partial charge in [-0.05, 0) is 35.4 Å². The van der Waals surface area contributed by atoms with E-state index in [1.807, 2.05) is 36.4 Å². The number of hydrogen-bond acceptors (Lipinski definition) is 4. The van der Waals surface area contributed by atoms with Crippen LogP contribution in [0.25, 0.3) is 10.8 Å². The van der Waals surface area contributed by atoms with Gasteiger partial charge in [0.05, 0.1) is 13.5 Å². The zero-order valence-electron chi connectivity index (χ0n) is 15.7. The molecule has 27 heavy (non-hydrogen) atoms. The highest BCUT2D eigenvalue weighted by molar-refractivity contribution is 5.92. The lowest BCUT2D eigenvalue weighted by atomic mass is 10.0. The van der Waals surface area contributed by atoms with E-state index in [1.54, 1.807) is 7.11 Å². The maximum Gasteiger partial charge on any atom is 0.326 e. The number of rotatable bonds is 8. The fourth-order valence-corrected chi connectivity index (χ4v) is 2.88. The molecule has 144 valence electrons. The number of fused-ring (bicyclic) bond motifs is 1. The zero-order chi connectivity index (χ0) is 20.0. The van der Waals surface area contributed by atoms with Crippen LogP contribution >= 0.6 is 0 Å². The summed E-state index contributed by atoms with van der Waals surface area (Å²) in [6, 6.07) is 10.3. The smallest absolute Gasteiger partial charge is 0.326 e. The molecule has 2 amide bonds. The Kier molecular flexibility index (Phi) is 6.76. The van der Waals surface area contributed by atoms with Crippen LogP contribution in [0.1, 0.15) is 19.4 Å². The van der Waals surface area contributed by atoms with E-state index in [-0.39, 0.29) is 31.3 Å². The van der Waals surface area contributed by atoms with Crippen LogP contribution < -0.4 is 10.1 Å². The van der Waals surface area contributed by atoms with Crippen molar-refractivity contribution in [1.82, 2.24) is 10.2 Å². The largest absolute Gasteiger partial charge is 0.497 e. The van der Waals surface area contributed by atoms with Crippen LogP contribution in [0.15, 0.2) is 36.4 Å². The van der Waals surface area contributed by atoms with Gasteiger partial charge in [0, 0.05) is 20.0 Å². The van der Waals surface area contributed by atoms with Crippen LogP contribution in [0, 0.1) is 0 Å². The van der Waals surface area contributed by atoms with Gasteiger partial charge < -0.3 is 20.1 Å². The molecule has 2 N–H and O–H groups in total. The van der Waals surface area contributed by atoms with Crippen LogP contribution in [0.5, 0.6) is 5.75 Å². The molecule has 0 radical (unpaired) electrons. The summed E-state index contributed by atoms with van der Waals surface area (Å²) < 4.78 is 5.26. The van der Waals surface area contributed by atoms with Crippen molar-refractivity contribution in [3.05, 3.63) is 42.0 Å². The van der Waals surface area contributed by atoms with E-state index in [0.717, 1.165) is 16.3 Å². The van der Waals surface area contributed by atoms with Gasteiger partial charge in [0.25, 0.3) is 0 Å². The SMILES string of the molecule is COc1ccc2cccc(CC(=O)N(CCNC(C)=O)C(C)C(=O)O)c2c1. The number of benzene rings is 2. The Hall–Kier alpha value is -3.09. The number of nitrogens with zero attached hydrogens (tertiary/aromatic N) is 1. The Balaban J connectivity index is 2.26. The van der Waals surface area contributed by atoms with E-state index in [9.17, 15) is 19.5 Å². The van der Waals surface area contributed by atoms with Crippen LogP contribution in [0.3, 0.4) is 0 Å². The minimum Gasteiger partial charge on any atom is -0.497 e. The van der Waals surface area contributed by atoms with Crippen LogP contribution in [-0.4, -0.2) is 54.0 Å². The average Bonchev–Trinajstić information content (AvgIpc) is 2.64. The second-order valence-electron chi connectivity index (χ2n) is 6.27. The molecule has 7 heteroatoms. The van der Waals surface area contributed by atoms with Crippen molar-refractivity contribution < 1.29 is 24.2 Å². The van der Waals surface area contributed by atoms with Gasteiger partial charge >= 0.3 is 5.97 Å². The summed E-state index contributed by atoms with van der Waals surface area (Å²) in [5, 5.41) is 13.8. The molecular weight excluding hydrogens is 348 g/mol. The number of hydrogen-bond donors (Lipinski definition) is 2. The van der Waals surface area contributed by atoms with E-state index in [0.29, 0.717) is 5.75 Å². The van der Waals surface area contributed by atoms with E-state index in [4.69, 9.17) is 4.74 Å². The molecule has 2 rings (SSSR count). The van der Waals surface area contributed by atoms with Crippen molar-refractivity contribution in [3.63, 3.8) is 0 Å². The molecule has 0 heterocycles. The molecule has 0 saturated carbocycles. The summed E-state index contributed by atoms with van der Waals surface area (Å²) in [5.41, 5.74) is 0.790. The molecule has 0 saturated heterocycles. The van der Waals surface area contributed by atoms with Gasteiger partial charge in [0.1, 0.15) is 11.8 Å². The molecule has 0 aliphatic heterocycles. The molecule has 0 spiro atoms. The molecule has 0 bridgehead atoms. The minimum atomic E-state index is -1.09. The lowest BCUT2D eigenvalue weighted by Gasteiger charge is -2.27. The van der Waals surface area contributed by atoms with Gasteiger partial charge in [-0.3, -0.25) is 9.59 Å². The van der Waals surface area contributed by atoms with E-state index in [1.165, 1.54) is 18.7 Å². The number of carboxylic acid groups (broad SMARTS) is 1. The van der Waals surface area contributed by atoms with E-state index in [2.05, 4.69) is 5.32 Å². The zero-order valence-corrected chi connectivity index (χ0v) is 15.7. The summed E-state index contributed by atoms with van der Waals surface area (Å²) in [7, 11) is 1.58. The third-order valence-corrected chi connectivity index (χ3v) is 4.39. The van der Waals surface area contributed by atoms with Crippen molar-refractivity contribution in [1.29, 1.82) is 0 Å². The van der Waals surface area contributed by atoms with Crippen molar-refractivity contribution in [3.8, 4) is 5.75 Å². The van der Waals surface area contributed by atoms with Crippen LogP contribution in [0.4, 0.5) is 0 Å². The number of nitrogens with one attached hydrogen (secondary N) is 1. The Morgan fingerprint density at radius 3 is 2.59 bits per heavy atom. The molecule has 0 aliphatic carbocycles. The second-order valence-corrected chi connectivity index (χ2v) is 6.27. The quantitative estimate of drug-likeness (QED) is 0.737. The number of methoxy groups -OCH3 is 1. The maximum atomic E-state index is 12.9. The highest BCUT2D eigenvalue weighted by atomic mass is 16.5. The Bertz CT molecular complexity index is 849. The predicted molar refractivity (Wildman–Crippen MR) is 102 cm³/mol. The van der Waals surface area contributed by atoms with Gasteiger partial charge in [-0.25, -0.2) is 4.79 Å². The number of ether oxygens (including phenoxy) is 1. The second kappa shape index (κ2) is 9.02. The number of aliphatic carboxylic acids is 1. The summed E-state index contributed by atoms with van der Waals surface area (Å²) in [6.45, 7) is 3.15. The van der Waals surface area contributed by atoms with Gasteiger partial charge in [0.15, 0.2) is 0 Å².